The largest absolute Gasteiger partial charge is 0.123 e. The Hall–Kier alpha value is -0.490. The predicted octanol–water partition coefficient (Wildman–Crippen LogP) is 4.56. The molecule has 1 aliphatic rings. The van der Waals surface area contributed by atoms with Gasteiger partial charge in [-0.2, -0.15) is 0 Å². The third kappa shape index (κ3) is 2.79. The summed E-state index contributed by atoms with van der Waals surface area (Å²) in [5.41, 5.74) is 5.73. The summed E-state index contributed by atoms with van der Waals surface area (Å²) in [7, 11) is 0. The van der Waals surface area contributed by atoms with Gasteiger partial charge >= 0.3 is 0 Å². The molecule has 1 aromatic rings. The van der Waals surface area contributed by atoms with Crippen LogP contribution in [-0.4, -0.2) is 5.38 Å². The molecule has 1 atom stereocenters. The zero-order valence-corrected chi connectivity index (χ0v) is 11.3. The quantitative estimate of drug-likeness (QED) is 0.673. The summed E-state index contributed by atoms with van der Waals surface area (Å²) in [5, 5.41) is 0.403. The molecule has 0 saturated heterocycles. The molecule has 0 amide bonds. The predicted molar refractivity (Wildman–Crippen MR) is 71.3 cm³/mol. The minimum Gasteiger partial charge on any atom is -0.123 e. The minimum absolute atomic E-state index is 0.403. The molecule has 1 heteroatoms. The SMILES string of the molecule is Cc1cc(C)c(CCC(Cl)C2CC2)c(C)c1. The number of hydrogen-bond acceptors (Lipinski definition) is 0. The van der Waals surface area contributed by atoms with Crippen LogP contribution in [0.1, 0.15) is 41.5 Å². The summed E-state index contributed by atoms with van der Waals surface area (Å²) in [4.78, 5) is 0. The molecule has 88 valence electrons. The van der Waals surface area contributed by atoms with Gasteiger partial charge in [0.25, 0.3) is 0 Å². The van der Waals surface area contributed by atoms with Crippen molar-refractivity contribution in [3.05, 3.63) is 34.4 Å². The molecule has 0 aromatic heterocycles. The zero-order chi connectivity index (χ0) is 11.7. The van der Waals surface area contributed by atoms with Crippen molar-refractivity contribution in [1.82, 2.24) is 0 Å². The highest BCUT2D eigenvalue weighted by molar-refractivity contribution is 6.20. The molecule has 0 nitrogen and oxygen atoms in total. The lowest BCUT2D eigenvalue weighted by Crippen LogP contribution is -2.05. The van der Waals surface area contributed by atoms with Crippen LogP contribution in [0.15, 0.2) is 12.1 Å². The first kappa shape index (κ1) is 12.0. The number of halogens is 1. The molecule has 0 aliphatic heterocycles. The van der Waals surface area contributed by atoms with Gasteiger partial charge in [0.05, 0.1) is 0 Å². The maximum atomic E-state index is 6.36. The smallest absolute Gasteiger partial charge is 0.0367 e. The van der Waals surface area contributed by atoms with Crippen molar-refractivity contribution in [2.75, 3.05) is 0 Å². The molecule has 1 aromatic carbocycles. The molecule has 0 spiro atoms. The zero-order valence-electron chi connectivity index (χ0n) is 10.5. The summed E-state index contributed by atoms with van der Waals surface area (Å²) in [6.45, 7) is 6.60. The second-order valence-corrected chi connectivity index (χ2v) is 5.83. The van der Waals surface area contributed by atoms with Crippen LogP contribution in [0.4, 0.5) is 0 Å². The van der Waals surface area contributed by atoms with Crippen molar-refractivity contribution in [2.24, 2.45) is 5.92 Å². The van der Waals surface area contributed by atoms with E-state index in [0.717, 1.165) is 18.8 Å². The molecule has 16 heavy (non-hydrogen) atoms. The highest BCUT2D eigenvalue weighted by Crippen LogP contribution is 2.37. The molecule has 1 fully saturated rings. The number of hydrogen-bond donors (Lipinski definition) is 0. The molecule has 1 saturated carbocycles. The second kappa shape index (κ2) is 4.79. The van der Waals surface area contributed by atoms with Crippen molar-refractivity contribution >= 4 is 11.6 Å². The standard InChI is InChI=1S/C15H21Cl/c1-10-8-11(2)14(12(3)9-10)6-7-15(16)13-4-5-13/h8-9,13,15H,4-7H2,1-3H3. The van der Waals surface area contributed by atoms with E-state index in [1.807, 2.05) is 0 Å². The number of alkyl halides is 1. The Labute approximate surface area is 104 Å². The first-order chi connectivity index (χ1) is 7.58. The van der Waals surface area contributed by atoms with Gasteiger partial charge in [0.15, 0.2) is 0 Å². The van der Waals surface area contributed by atoms with E-state index in [4.69, 9.17) is 11.6 Å². The van der Waals surface area contributed by atoms with Crippen LogP contribution in [-0.2, 0) is 6.42 Å². The minimum atomic E-state index is 0.403. The van der Waals surface area contributed by atoms with E-state index in [-0.39, 0.29) is 0 Å². The Balaban J connectivity index is 2.02. The van der Waals surface area contributed by atoms with Crippen LogP contribution in [0.25, 0.3) is 0 Å². The summed E-state index contributed by atoms with van der Waals surface area (Å²) in [6, 6.07) is 4.56. The van der Waals surface area contributed by atoms with E-state index in [0.29, 0.717) is 5.38 Å². The molecule has 0 N–H and O–H groups in total. The van der Waals surface area contributed by atoms with Gasteiger partial charge in [-0.25, -0.2) is 0 Å². The third-order valence-corrected chi connectivity index (χ3v) is 4.22. The molecule has 1 unspecified atom stereocenters. The fourth-order valence-corrected chi connectivity index (χ4v) is 2.94. The third-order valence-electron chi connectivity index (χ3n) is 3.64. The van der Waals surface area contributed by atoms with Gasteiger partial charge in [-0.15, -0.1) is 11.6 Å². The molecular formula is C15H21Cl. The fraction of sp³-hybridized carbons (Fsp3) is 0.600. The monoisotopic (exact) mass is 236 g/mol. The van der Waals surface area contributed by atoms with Gasteiger partial charge in [-0.05, 0) is 69.1 Å². The van der Waals surface area contributed by atoms with Crippen molar-refractivity contribution < 1.29 is 0 Å². The molecule has 0 radical (unpaired) electrons. The highest BCUT2D eigenvalue weighted by Gasteiger charge is 2.29. The molecular weight excluding hydrogens is 216 g/mol. The maximum absolute atomic E-state index is 6.36. The summed E-state index contributed by atoms with van der Waals surface area (Å²) >= 11 is 6.36. The van der Waals surface area contributed by atoms with Gasteiger partial charge in [0.2, 0.25) is 0 Å². The van der Waals surface area contributed by atoms with E-state index in [2.05, 4.69) is 32.9 Å². The first-order valence-corrected chi connectivity index (χ1v) is 6.72. The molecule has 2 rings (SSSR count). The lowest BCUT2D eigenvalue weighted by Gasteiger charge is -2.13. The fourth-order valence-electron chi connectivity index (χ4n) is 2.58. The number of rotatable bonds is 4. The Kier molecular flexibility index (Phi) is 3.59. The van der Waals surface area contributed by atoms with E-state index in [1.54, 1.807) is 0 Å². The van der Waals surface area contributed by atoms with E-state index in [9.17, 15) is 0 Å². The lowest BCUT2D eigenvalue weighted by atomic mass is 9.95. The maximum Gasteiger partial charge on any atom is 0.0367 e. The van der Waals surface area contributed by atoms with Crippen LogP contribution >= 0.6 is 11.6 Å². The number of aryl methyl sites for hydroxylation is 3. The Morgan fingerprint density at radius 3 is 2.25 bits per heavy atom. The normalized spacial score (nSPS) is 17.5. The Bertz CT molecular complexity index is 354. The molecule has 0 bridgehead atoms. The van der Waals surface area contributed by atoms with Crippen LogP contribution in [0.3, 0.4) is 0 Å². The molecule has 0 heterocycles. The lowest BCUT2D eigenvalue weighted by molar-refractivity contribution is 0.673. The average Bonchev–Trinajstić information content (AvgIpc) is 2.98. The van der Waals surface area contributed by atoms with Crippen molar-refractivity contribution in [3.63, 3.8) is 0 Å². The van der Waals surface area contributed by atoms with Gasteiger partial charge in [0.1, 0.15) is 0 Å². The van der Waals surface area contributed by atoms with Gasteiger partial charge < -0.3 is 0 Å². The topological polar surface area (TPSA) is 0 Å². The summed E-state index contributed by atoms with van der Waals surface area (Å²) < 4.78 is 0. The van der Waals surface area contributed by atoms with Crippen molar-refractivity contribution in [2.45, 2.75) is 51.8 Å². The summed E-state index contributed by atoms with van der Waals surface area (Å²) in [6.07, 6.45) is 4.97. The second-order valence-electron chi connectivity index (χ2n) is 5.27. The Morgan fingerprint density at radius 1 is 1.19 bits per heavy atom. The Morgan fingerprint density at radius 2 is 1.75 bits per heavy atom. The molecule has 1 aliphatic carbocycles. The summed E-state index contributed by atoms with van der Waals surface area (Å²) in [5.74, 6) is 0.813. The van der Waals surface area contributed by atoms with Crippen LogP contribution < -0.4 is 0 Å². The number of benzene rings is 1. The van der Waals surface area contributed by atoms with Crippen LogP contribution in [0, 0.1) is 26.7 Å². The van der Waals surface area contributed by atoms with E-state index < -0.39 is 0 Å². The highest BCUT2D eigenvalue weighted by atomic mass is 35.5. The van der Waals surface area contributed by atoms with Gasteiger partial charge in [-0.1, -0.05) is 17.7 Å². The van der Waals surface area contributed by atoms with Gasteiger partial charge in [-0.3, -0.25) is 0 Å². The van der Waals surface area contributed by atoms with Crippen molar-refractivity contribution in [3.8, 4) is 0 Å². The van der Waals surface area contributed by atoms with E-state index >= 15 is 0 Å². The van der Waals surface area contributed by atoms with Crippen molar-refractivity contribution in [1.29, 1.82) is 0 Å². The first-order valence-electron chi connectivity index (χ1n) is 6.28. The van der Waals surface area contributed by atoms with Gasteiger partial charge in [0, 0.05) is 5.38 Å². The van der Waals surface area contributed by atoms with Crippen LogP contribution in [0.5, 0.6) is 0 Å². The van der Waals surface area contributed by atoms with Crippen LogP contribution in [0.2, 0.25) is 0 Å². The van der Waals surface area contributed by atoms with E-state index in [1.165, 1.54) is 35.1 Å². The average molecular weight is 237 g/mol.